The van der Waals surface area contributed by atoms with Gasteiger partial charge in [-0.1, -0.05) is 35.3 Å². The smallest absolute Gasteiger partial charge is 0.450 e. The van der Waals surface area contributed by atoms with Crippen molar-refractivity contribution >= 4 is 34.2 Å². The molecule has 0 radical (unpaired) electrons. The Morgan fingerprint density at radius 1 is 0.886 bits per heavy atom. The van der Waals surface area contributed by atoms with Crippen LogP contribution >= 0.6 is 23.2 Å². The van der Waals surface area contributed by atoms with Gasteiger partial charge in [0.15, 0.2) is 11.5 Å². The first kappa shape index (κ1) is 24.8. The molecular formula is C25H17Cl2F3O5. The quantitative estimate of drug-likeness (QED) is 0.263. The SMILES string of the molecule is COc1ccc(-c2c(C(F)(F)F)oc3cc(OCc4ccc(Cl)c(Cl)c4)ccc3c2=O)cc1OC. The summed E-state index contributed by atoms with van der Waals surface area (Å²) in [5.41, 5.74) is -1.07. The highest BCUT2D eigenvalue weighted by atomic mass is 35.5. The van der Waals surface area contributed by atoms with Crippen molar-refractivity contribution in [1.29, 1.82) is 0 Å². The highest BCUT2D eigenvalue weighted by molar-refractivity contribution is 6.42. The highest BCUT2D eigenvalue weighted by Gasteiger charge is 2.39. The zero-order valence-electron chi connectivity index (χ0n) is 18.3. The molecule has 35 heavy (non-hydrogen) atoms. The van der Waals surface area contributed by atoms with Crippen molar-refractivity contribution in [1.82, 2.24) is 0 Å². The van der Waals surface area contributed by atoms with Crippen molar-refractivity contribution < 1.29 is 31.8 Å². The fourth-order valence-corrected chi connectivity index (χ4v) is 3.83. The van der Waals surface area contributed by atoms with E-state index in [1.807, 2.05) is 0 Å². The van der Waals surface area contributed by atoms with Crippen molar-refractivity contribution in [2.45, 2.75) is 12.8 Å². The molecule has 4 rings (SSSR count). The monoisotopic (exact) mass is 524 g/mol. The average Bonchev–Trinajstić information content (AvgIpc) is 2.83. The molecule has 0 saturated heterocycles. The number of fused-ring (bicyclic) bond motifs is 1. The number of hydrogen-bond donors (Lipinski definition) is 0. The minimum absolute atomic E-state index is 0.0226. The molecule has 0 aliphatic rings. The van der Waals surface area contributed by atoms with Crippen LogP contribution in [-0.4, -0.2) is 14.2 Å². The molecule has 0 bridgehead atoms. The summed E-state index contributed by atoms with van der Waals surface area (Å²) in [4.78, 5) is 13.2. The largest absolute Gasteiger partial charge is 0.493 e. The fourth-order valence-electron chi connectivity index (χ4n) is 3.51. The molecule has 0 aliphatic heterocycles. The molecule has 0 atom stereocenters. The summed E-state index contributed by atoms with van der Waals surface area (Å²) in [5, 5.41) is 0.687. The van der Waals surface area contributed by atoms with Gasteiger partial charge in [-0.05, 0) is 47.5 Å². The third kappa shape index (κ3) is 5.04. The summed E-state index contributed by atoms with van der Waals surface area (Å²) >= 11 is 11.9. The Morgan fingerprint density at radius 3 is 2.29 bits per heavy atom. The van der Waals surface area contributed by atoms with Crippen LogP contribution < -0.4 is 19.6 Å². The van der Waals surface area contributed by atoms with Gasteiger partial charge in [0, 0.05) is 6.07 Å². The third-order valence-electron chi connectivity index (χ3n) is 5.18. The molecule has 1 heterocycles. The summed E-state index contributed by atoms with van der Waals surface area (Å²) in [6.45, 7) is 0.0719. The molecule has 0 N–H and O–H groups in total. The van der Waals surface area contributed by atoms with Gasteiger partial charge in [0.25, 0.3) is 0 Å². The minimum atomic E-state index is -4.94. The number of alkyl halides is 3. The van der Waals surface area contributed by atoms with Crippen LogP contribution in [0.2, 0.25) is 10.0 Å². The maximum absolute atomic E-state index is 14.0. The van der Waals surface area contributed by atoms with Crippen LogP contribution in [0.25, 0.3) is 22.1 Å². The lowest BCUT2D eigenvalue weighted by atomic mass is 10.0. The van der Waals surface area contributed by atoms with Gasteiger partial charge in [-0.15, -0.1) is 0 Å². The molecule has 4 aromatic rings. The number of methoxy groups -OCH3 is 2. The van der Waals surface area contributed by atoms with Gasteiger partial charge in [0.1, 0.15) is 17.9 Å². The lowest BCUT2D eigenvalue weighted by molar-refractivity contribution is -0.152. The molecule has 3 aromatic carbocycles. The van der Waals surface area contributed by atoms with Gasteiger partial charge in [-0.25, -0.2) is 0 Å². The molecule has 182 valence electrons. The Kier molecular flexibility index (Phi) is 6.87. The summed E-state index contributed by atoms with van der Waals surface area (Å²) in [6.07, 6.45) is -4.94. The van der Waals surface area contributed by atoms with Crippen LogP contribution in [-0.2, 0) is 12.8 Å². The minimum Gasteiger partial charge on any atom is -0.493 e. The second kappa shape index (κ2) is 9.71. The number of benzene rings is 3. The predicted octanol–water partition coefficient (Wildman–Crippen LogP) is 7.38. The molecule has 0 spiro atoms. The summed E-state index contributed by atoms with van der Waals surface area (Å²) in [5.74, 6) is -0.745. The maximum atomic E-state index is 14.0. The zero-order valence-corrected chi connectivity index (χ0v) is 19.8. The Hall–Kier alpha value is -3.36. The van der Waals surface area contributed by atoms with E-state index in [2.05, 4.69) is 0 Å². The summed E-state index contributed by atoms with van der Waals surface area (Å²) in [6, 6.07) is 13.0. The van der Waals surface area contributed by atoms with Crippen molar-refractivity contribution in [3.63, 3.8) is 0 Å². The van der Waals surface area contributed by atoms with E-state index in [9.17, 15) is 18.0 Å². The Labute approximate surface area is 207 Å². The van der Waals surface area contributed by atoms with E-state index in [1.54, 1.807) is 18.2 Å². The average molecular weight is 525 g/mol. The van der Waals surface area contributed by atoms with E-state index >= 15 is 0 Å². The van der Waals surface area contributed by atoms with Crippen LogP contribution in [0.15, 0.2) is 63.8 Å². The van der Waals surface area contributed by atoms with Crippen LogP contribution in [0.3, 0.4) is 0 Å². The first-order chi connectivity index (χ1) is 16.6. The predicted molar refractivity (Wildman–Crippen MR) is 127 cm³/mol. The van der Waals surface area contributed by atoms with Gasteiger partial charge in [0.05, 0.1) is 35.2 Å². The zero-order chi connectivity index (χ0) is 25.3. The highest BCUT2D eigenvalue weighted by Crippen LogP contribution is 2.40. The van der Waals surface area contributed by atoms with Crippen molar-refractivity contribution in [3.05, 3.63) is 86.2 Å². The van der Waals surface area contributed by atoms with Gasteiger partial charge in [-0.3, -0.25) is 4.79 Å². The van der Waals surface area contributed by atoms with E-state index in [4.69, 9.17) is 41.8 Å². The first-order valence-electron chi connectivity index (χ1n) is 10.1. The van der Waals surface area contributed by atoms with Crippen LogP contribution in [0, 0.1) is 0 Å². The van der Waals surface area contributed by atoms with E-state index in [0.29, 0.717) is 21.4 Å². The molecular weight excluding hydrogens is 508 g/mol. The Balaban J connectivity index is 1.79. The van der Waals surface area contributed by atoms with Crippen molar-refractivity contribution in [2.24, 2.45) is 0 Å². The number of ether oxygens (including phenoxy) is 3. The fraction of sp³-hybridized carbons (Fsp3) is 0.160. The van der Waals surface area contributed by atoms with Crippen LogP contribution in [0.5, 0.6) is 17.2 Å². The Bertz CT molecular complexity index is 1460. The van der Waals surface area contributed by atoms with Crippen LogP contribution in [0.4, 0.5) is 13.2 Å². The topological polar surface area (TPSA) is 57.9 Å². The lowest BCUT2D eigenvalue weighted by Gasteiger charge is -2.15. The van der Waals surface area contributed by atoms with Gasteiger partial charge in [-0.2, -0.15) is 13.2 Å². The van der Waals surface area contributed by atoms with Crippen LogP contribution in [0.1, 0.15) is 11.3 Å². The molecule has 1 aromatic heterocycles. The number of hydrogen-bond acceptors (Lipinski definition) is 5. The lowest BCUT2D eigenvalue weighted by Crippen LogP contribution is -2.16. The molecule has 0 amide bonds. The van der Waals surface area contributed by atoms with E-state index in [-0.39, 0.29) is 34.6 Å². The van der Waals surface area contributed by atoms with E-state index in [0.717, 1.165) is 0 Å². The standard InChI is InChI=1S/C25H17Cl2F3O5/c1-32-19-8-4-14(10-21(19)33-2)22-23(31)16-6-5-15(11-20(16)35-24(22)25(28,29)30)34-12-13-3-7-17(26)18(27)9-13/h3-11H,12H2,1-2H3. The summed E-state index contributed by atoms with van der Waals surface area (Å²) in [7, 11) is 2.74. The molecule has 0 unspecified atom stereocenters. The number of rotatable bonds is 6. The normalized spacial score (nSPS) is 11.5. The first-order valence-corrected chi connectivity index (χ1v) is 10.8. The summed E-state index contributed by atoms with van der Waals surface area (Å²) < 4.78 is 63.1. The van der Waals surface area contributed by atoms with Crippen molar-refractivity contribution in [2.75, 3.05) is 14.2 Å². The van der Waals surface area contributed by atoms with E-state index < -0.39 is 22.9 Å². The molecule has 0 saturated carbocycles. The molecule has 0 aliphatic carbocycles. The molecule has 5 nitrogen and oxygen atoms in total. The molecule has 0 fully saturated rings. The molecule has 10 heteroatoms. The van der Waals surface area contributed by atoms with Gasteiger partial charge < -0.3 is 18.6 Å². The third-order valence-corrected chi connectivity index (χ3v) is 5.92. The second-order valence-corrected chi connectivity index (χ2v) is 8.21. The van der Waals surface area contributed by atoms with E-state index in [1.165, 1.54) is 50.6 Å². The van der Waals surface area contributed by atoms with Gasteiger partial charge >= 0.3 is 6.18 Å². The van der Waals surface area contributed by atoms with Crippen molar-refractivity contribution in [3.8, 4) is 28.4 Å². The van der Waals surface area contributed by atoms with Gasteiger partial charge in [0.2, 0.25) is 11.2 Å². The number of halogens is 5. The Morgan fingerprint density at radius 2 is 1.63 bits per heavy atom. The maximum Gasteiger partial charge on any atom is 0.450 e. The second-order valence-electron chi connectivity index (χ2n) is 7.40.